The molecule has 3 aliphatic rings. The van der Waals surface area contributed by atoms with Gasteiger partial charge >= 0.3 is 0 Å². The van der Waals surface area contributed by atoms with Crippen molar-refractivity contribution >= 4 is 28.6 Å². The van der Waals surface area contributed by atoms with E-state index in [1.807, 2.05) is 18.2 Å². The molecule has 0 unspecified atom stereocenters. The van der Waals surface area contributed by atoms with Crippen LogP contribution in [0.15, 0.2) is 24.3 Å². The lowest BCUT2D eigenvalue weighted by Crippen LogP contribution is -2.49. The Morgan fingerprint density at radius 3 is 2.88 bits per heavy atom. The smallest absolute Gasteiger partial charge is 0.271 e. The van der Waals surface area contributed by atoms with E-state index >= 15 is 0 Å². The topological polar surface area (TPSA) is 127 Å². The van der Waals surface area contributed by atoms with Gasteiger partial charge in [0.1, 0.15) is 23.5 Å². The molecule has 9 heteroatoms. The van der Waals surface area contributed by atoms with Crippen LogP contribution in [0.2, 0.25) is 0 Å². The summed E-state index contributed by atoms with van der Waals surface area (Å²) in [4.78, 5) is 43.4. The van der Waals surface area contributed by atoms with Crippen LogP contribution in [0, 0.1) is 22.7 Å². The van der Waals surface area contributed by atoms with Gasteiger partial charge in [-0.2, -0.15) is 5.26 Å². The standard InChI is InChI=1S/C24H27N5O4/c1-33-20-4-2-3-17-16(20)10-18(28-17)23(32)29-13-24(6-7-24)11-19(29)22(31)27-15(12-25)9-14-5-8-26-21(14)30/h2-4,10,14-15,19,28H,5-9,11,13H2,1H3,(H,26,30)(H,27,31)/t14-,15-,19-/m0/s1. The quantitative estimate of drug-likeness (QED) is 0.619. The molecule has 2 aromatic rings. The number of hydrogen-bond donors (Lipinski definition) is 3. The van der Waals surface area contributed by atoms with Crippen molar-refractivity contribution in [3.63, 3.8) is 0 Å². The number of nitrogens with one attached hydrogen (secondary N) is 3. The maximum atomic E-state index is 13.5. The maximum Gasteiger partial charge on any atom is 0.271 e. The Labute approximate surface area is 191 Å². The van der Waals surface area contributed by atoms with Gasteiger partial charge in [0.2, 0.25) is 11.8 Å². The molecule has 3 fully saturated rings. The van der Waals surface area contributed by atoms with E-state index in [1.165, 1.54) is 0 Å². The number of aromatic nitrogens is 1. The molecule has 3 heterocycles. The van der Waals surface area contributed by atoms with Gasteiger partial charge < -0.3 is 25.3 Å². The van der Waals surface area contributed by atoms with Gasteiger partial charge in [-0.05, 0) is 55.7 Å². The summed E-state index contributed by atoms with van der Waals surface area (Å²) in [6.07, 6.45) is 3.52. The lowest BCUT2D eigenvalue weighted by atomic mass is 9.98. The summed E-state index contributed by atoms with van der Waals surface area (Å²) >= 11 is 0. The van der Waals surface area contributed by atoms with Crippen LogP contribution in [0.1, 0.15) is 42.6 Å². The number of nitriles is 1. The monoisotopic (exact) mass is 449 g/mol. The van der Waals surface area contributed by atoms with E-state index in [1.54, 1.807) is 18.1 Å². The molecule has 33 heavy (non-hydrogen) atoms. The highest BCUT2D eigenvalue weighted by atomic mass is 16.5. The number of nitrogens with zero attached hydrogens (tertiary/aromatic N) is 2. The molecule has 0 bridgehead atoms. The second-order valence-corrected chi connectivity index (χ2v) is 9.46. The largest absolute Gasteiger partial charge is 0.496 e. The molecule has 1 aromatic heterocycles. The first-order chi connectivity index (χ1) is 15.9. The zero-order chi connectivity index (χ0) is 23.2. The summed E-state index contributed by atoms with van der Waals surface area (Å²) < 4.78 is 5.40. The lowest BCUT2D eigenvalue weighted by Gasteiger charge is -2.25. The number of methoxy groups -OCH3 is 1. The average Bonchev–Trinajstić information content (AvgIpc) is 3.13. The third kappa shape index (κ3) is 3.90. The molecule has 2 saturated heterocycles. The van der Waals surface area contributed by atoms with Crippen molar-refractivity contribution in [1.29, 1.82) is 5.26 Å². The van der Waals surface area contributed by atoms with E-state index in [0.717, 1.165) is 23.7 Å². The SMILES string of the molecule is COc1cccc2[nH]c(C(=O)N3CC4(CC4)C[C@H]3C(=O)N[C@H](C#N)C[C@@H]3CCNC3=O)cc12. The molecule has 1 aromatic carbocycles. The van der Waals surface area contributed by atoms with Crippen LogP contribution in [0.5, 0.6) is 5.75 Å². The van der Waals surface area contributed by atoms with Gasteiger partial charge in [-0.3, -0.25) is 14.4 Å². The molecule has 5 rings (SSSR count). The van der Waals surface area contributed by atoms with Gasteiger partial charge in [0.15, 0.2) is 0 Å². The highest BCUT2D eigenvalue weighted by molar-refractivity contribution is 6.02. The number of benzene rings is 1. The fourth-order valence-electron chi connectivity index (χ4n) is 5.18. The molecular weight excluding hydrogens is 422 g/mol. The highest BCUT2D eigenvalue weighted by Crippen LogP contribution is 2.55. The molecule has 3 atom stereocenters. The first-order valence-electron chi connectivity index (χ1n) is 11.4. The molecule has 172 valence electrons. The summed E-state index contributed by atoms with van der Waals surface area (Å²) in [5.41, 5.74) is 1.19. The number of hydrogen-bond acceptors (Lipinski definition) is 5. The Morgan fingerprint density at radius 1 is 1.39 bits per heavy atom. The number of carbonyl (C=O) groups excluding carboxylic acids is 3. The lowest BCUT2D eigenvalue weighted by molar-refractivity contribution is -0.126. The van der Waals surface area contributed by atoms with E-state index in [9.17, 15) is 19.6 Å². The Morgan fingerprint density at radius 2 is 2.21 bits per heavy atom. The minimum atomic E-state index is -0.767. The maximum absolute atomic E-state index is 13.5. The fourth-order valence-corrected chi connectivity index (χ4v) is 5.18. The van der Waals surface area contributed by atoms with Crippen molar-refractivity contribution < 1.29 is 19.1 Å². The Balaban J connectivity index is 1.34. The van der Waals surface area contributed by atoms with Crippen LogP contribution < -0.4 is 15.4 Å². The van der Waals surface area contributed by atoms with Gasteiger partial charge in [0.05, 0.1) is 13.2 Å². The van der Waals surface area contributed by atoms with Gasteiger partial charge in [0, 0.05) is 29.9 Å². The highest BCUT2D eigenvalue weighted by Gasteiger charge is 2.55. The number of H-pyrrole nitrogens is 1. The molecular formula is C24H27N5O4. The molecule has 1 spiro atoms. The average molecular weight is 450 g/mol. The summed E-state index contributed by atoms with van der Waals surface area (Å²) in [7, 11) is 1.59. The zero-order valence-corrected chi connectivity index (χ0v) is 18.5. The second kappa shape index (κ2) is 8.10. The fraction of sp³-hybridized carbons (Fsp3) is 0.500. The number of fused-ring (bicyclic) bond motifs is 1. The minimum absolute atomic E-state index is 0.00511. The predicted octanol–water partition coefficient (Wildman–Crippen LogP) is 1.71. The molecule has 3 N–H and O–H groups in total. The summed E-state index contributed by atoms with van der Waals surface area (Å²) in [6, 6.07) is 8.03. The molecule has 3 amide bonds. The van der Waals surface area contributed by atoms with Crippen LogP contribution in [0.25, 0.3) is 10.9 Å². The zero-order valence-electron chi connectivity index (χ0n) is 18.5. The normalized spacial score (nSPS) is 23.9. The van der Waals surface area contributed by atoms with E-state index in [4.69, 9.17) is 4.74 Å². The Bertz CT molecular complexity index is 1160. The number of rotatable bonds is 6. The summed E-state index contributed by atoms with van der Waals surface area (Å²) in [6.45, 7) is 1.12. The van der Waals surface area contributed by atoms with Crippen LogP contribution in [0.4, 0.5) is 0 Å². The summed E-state index contributed by atoms with van der Waals surface area (Å²) in [5, 5.41) is 15.9. The van der Waals surface area contributed by atoms with Crippen LogP contribution in [-0.2, 0) is 9.59 Å². The van der Waals surface area contributed by atoms with Crippen molar-refractivity contribution in [3.8, 4) is 11.8 Å². The van der Waals surface area contributed by atoms with E-state index < -0.39 is 12.1 Å². The van der Waals surface area contributed by atoms with E-state index in [-0.39, 0.29) is 35.5 Å². The number of ether oxygens (including phenoxy) is 1. The Hall–Kier alpha value is -3.54. The molecule has 0 radical (unpaired) electrons. The van der Waals surface area contributed by atoms with Crippen molar-refractivity contribution in [1.82, 2.24) is 20.5 Å². The number of carbonyl (C=O) groups is 3. The van der Waals surface area contributed by atoms with Crippen LogP contribution >= 0.6 is 0 Å². The molecule has 2 aliphatic heterocycles. The molecule has 1 saturated carbocycles. The van der Waals surface area contributed by atoms with E-state index in [2.05, 4.69) is 21.7 Å². The molecule has 9 nitrogen and oxygen atoms in total. The number of amides is 3. The number of aromatic amines is 1. The third-order valence-corrected chi connectivity index (χ3v) is 7.26. The van der Waals surface area contributed by atoms with Gasteiger partial charge in [0.25, 0.3) is 5.91 Å². The van der Waals surface area contributed by atoms with Crippen LogP contribution in [-0.4, -0.2) is 59.9 Å². The van der Waals surface area contributed by atoms with Gasteiger partial charge in [-0.25, -0.2) is 0 Å². The second-order valence-electron chi connectivity index (χ2n) is 9.46. The first-order valence-corrected chi connectivity index (χ1v) is 11.4. The van der Waals surface area contributed by atoms with Crippen LogP contribution in [0.3, 0.4) is 0 Å². The van der Waals surface area contributed by atoms with Crippen molar-refractivity contribution in [2.24, 2.45) is 11.3 Å². The predicted molar refractivity (Wildman–Crippen MR) is 119 cm³/mol. The van der Waals surface area contributed by atoms with Gasteiger partial charge in [-0.1, -0.05) is 6.07 Å². The minimum Gasteiger partial charge on any atom is -0.496 e. The Kier molecular flexibility index (Phi) is 5.23. The third-order valence-electron chi connectivity index (χ3n) is 7.26. The van der Waals surface area contributed by atoms with E-state index in [0.29, 0.717) is 37.4 Å². The first kappa shape index (κ1) is 21.3. The van der Waals surface area contributed by atoms with Crippen molar-refractivity contribution in [2.45, 2.75) is 44.2 Å². The van der Waals surface area contributed by atoms with Crippen molar-refractivity contribution in [2.75, 3.05) is 20.2 Å². The number of likely N-dealkylation sites (tertiary alicyclic amines) is 1. The molecule has 1 aliphatic carbocycles. The van der Waals surface area contributed by atoms with Crippen molar-refractivity contribution in [3.05, 3.63) is 30.0 Å². The summed E-state index contributed by atoms with van der Waals surface area (Å²) in [5.74, 6) is -0.239. The van der Waals surface area contributed by atoms with Gasteiger partial charge in [-0.15, -0.1) is 0 Å².